The maximum Gasteiger partial charge on any atom is 0.137 e. The van der Waals surface area contributed by atoms with Crippen molar-refractivity contribution in [2.24, 2.45) is 11.8 Å². The zero-order valence-electron chi connectivity index (χ0n) is 15.6. The third kappa shape index (κ3) is 2.54. The van der Waals surface area contributed by atoms with Gasteiger partial charge < -0.3 is 5.32 Å². The minimum Gasteiger partial charge on any atom is -0.307 e. The number of nitrogens with one attached hydrogen (secondary N) is 1. The molecule has 4 fully saturated rings. The Morgan fingerprint density at radius 3 is 2.81 bits per heavy atom. The van der Waals surface area contributed by atoms with Crippen LogP contribution < -0.4 is 5.32 Å². The Hall–Kier alpha value is -1.95. The molecule has 4 aliphatic rings. The first-order valence-corrected chi connectivity index (χ1v) is 9.84. The van der Waals surface area contributed by atoms with Crippen LogP contribution in [0.4, 0.5) is 0 Å². The van der Waals surface area contributed by atoms with Crippen LogP contribution in [-0.4, -0.2) is 30.1 Å². The van der Waals surface area contributed by atoms with Crippen LogP contribution in [0.2, 0.25) is 0 Å². The fourth-order valence-corrected chi connectivity index (χ4v) is 6.38. The Balaban J connectivity index is 1.38. The summed E-state index contributed by atoms with van der Waals surface area (Å²) in [5.41, 5.74) is 2.84. The molecule has 2 aromatic rings. The first kappa shape index (κ1) is 16.2. The van der Waals surface area contributed by atoms with Crippen LogP contribution in [0.3, 0.4) is 0 Å². The van der Waals surface area contributed by atoms with Gasteiger partial charge in [0.15, 0.2) is 0 Å². The molecule has 4 bridgehead atoms. The summed E-state index contributed by atoms with van der Waals surface area (Å²) in [5, 5.41) is 13.1. The predicted molar refractivity (Wildman–Crippen MR) is 99.4 cm³/mol. The lowest BCUT2D eigenvalue weighted by molar-refractivity contribution is -0.0788. The molecule has 4 aliphatic carbocycles. The van der Waals surface area contributed by atoms with Crippen molar-refractivity contribution < 1.29 is 0 Å². The minimum absolute atomic E-state index is 0.176. The minimum atomic E-state index is 0.176. The van der Waals surface area contributed by atoms with Gasteiger partial charge in [0.1, 0.15) is 12.7 Å². The number of allylic oxidation sites excluding steroid dienone is 1. The van der Waals surface area contributed by atoms with E-state index in [-0.39, 0.29) is 11.1 Å². The van der Waals surface area contributed by atoms with Crippen molar-refractivity contribution in [1.82, 2.24) is 29.9 Å². The topological polar surface area (TPSA) is 60.6 Å². The van der Waals surface area contributed by atoms with Gasteiger partial charge in [-0.15, -0.1) is 6.58 Å². The first-order valence-electron chi connectivity index (χ1n) is 9.84. The molecular formula is C20H28N6. The van der Waals surface area contributed by atoms with E-state index in [0.29, 0.717) is 0 Å². The molecule has 1 N–H and O–H groups in total. The van der Waals surface area contributed by atoms with E-state index in [1.165, 1.54) is 44.1 Å². The molecule has 4 saturated carbocycles. The highest BCUT2D eigenvalue weighted by molar-refractivity contribution is 5.18. The van der Waals surface area contributed by atoms with Crippen LogP contribution in [0.5, 0.6) is 0 Å². The van der Waals surface area contributed by atoms with Crippen molar-refractivity contribution in [3.8, 4) is 0 Å². The summed E-state index contributed by atoms with van der Waals surface area (Å²) < 4.78 is 4.16. The van der Waals surface area contributed by atoms with Gasteiger partial charge in [-0.25, -0.2) is 9.67 Å². The van der Waals surface area contributed by atoms with E-state index in [2.05, 4.69) is 44.9 Å². The van der Waals surface area contributed by atoms with Crippen LogP contribution in [0.1, 0.15) is 49.8 Å². The standard InChI is InChI=1S/C20H28N6/c1-3-4-25-11-18(15(2)24-25)10-22-19-6-16-5-17(7-19)9-20(8-16,12-19)26-14-21-13-23-26/h3,11,13-14,16-17,22H,1,4-10,12H2,2H3. The van der Waals surface area contributed by atoms with Gasteiger partial charge in [0.25, 0.3) is 0 Å². The highest BCUT2D eigenvalue weighted by atomic mass is 15.4. The molecule has 0 aromatic carbocycles. The number of hydrogen-bond donors (Lipinski definition) is 1. The lowest BCUT2D eigenvalue weighted by Gasteiger charge is -2.62. The van der Waals surface area contributed by atoms with E-state index in [9.17, 15) is 0 Å². The van der Waals surface area contributed by atoms with Crippen LogP contribution in [-0.2, 0) is 18.6 Å². The van der Waals surface area contributed by atoms with Crippen LogP contribution in [0.25, 0.3) is 0 Å². The fourth-order valence-electron chi connectivity index (χ4n) is 6.38. The van der Waals surface area contributed by atoms with Crippen molar-refractivity contribution in [2.45, 2.75) is 69.6 Å². The van der Waals surface area contributed by atoms with E-state index in [4.69, 9.17) is 0 Å². The molecule has 6 rings (SSSR count). The summed E-state index contributed by atoms with van der Waals surface area (Å²) in [4.78, 5) is 4.24. The smallest absolute Gasteiger partial charge is 0.137 e. The second kappa shape index (κ2) is 5.78. The molecule has 0 radical (unpaired) electrons. The molecule has 2 unspecified atom stereocenters. The highest BCUT2D eigenvalue weighted by Gasteiger charge is 2.58. The Morgan fingerprint density at radius 1 is 1.31 bits per heavy atom. The Bertz CT molecular complexity index is 790. The van der Waals surface area contributed by atoms with Crippen molar-refractivity contribution >= 4 is 0 Å². The number of nitrogens with zero attached hydrogens (tertiary/aromatic N) is 5. The normalized spacial score (nSPS) is 35.1. The highest BCUT2D eigenvalue weighted by Crippen LogP contribution is 2.60. The predicted octanol–water partition coefficient (Wildman–Crippen LogP) is 2.81. The summed E-state index contributed by atoms with van der Waals surface area (Å²) >= 11 is 0. The Morgan fingerprint density at radius 2 is 2.12 bits per heavy atom. The van der Waals surface area contributed by atoms with Crippen LogP contribution in [0.15, 0.2) is 31.5 Å². The van der Waals surface area contributed by atoms with Crippen molar-refractivity contribution in [3.63, 3.8) is 0 Å². The van der Waals surface area contributed by atoms with Gasteiger partial charge in [0, 0.05) is 23.8 Å². The molecule has 2 atom stereocenters. The van der Waals surface area contributed by atoms with Gasteiger partial charge in [0.2, 0.25) is 0 Å². The van der Waals surface area contributed by atoms with Crippen molar-refractivity contribution in [3.05, 3.63) is 42.8 Å². The summed E-state index contributed by atoms with van der Waals surface area (Å²) in [5.74, 6) is 1.63. The first-order chi connectivity index (χ1) is 12.6. The van der Waals surface area contributed by atoms with E-state index in [1.54, 1.807) is 6.33 Å². The zero-order chi connectivity index (χ0) is 17.8. The average Bonchev–Trinajstić information content (AvgIpc) is 3.23. The average molecular weight is 352 g/mol. The fraction of sp³-hybridized carbons (Fsp3) is 0.650. The third-order valence-electron chi connectivity index (χ3n) is 6.95. The lowest BCUT2D eigenvalue weighted by atomic mass is 9.50. The third-order valence-corrected chi connectivity index (χ3v) is 6.95. The zero-order valence-corrected chi connectivity index (χ0v) is 15.6. The second-order valence-corrected chi connectivity index (χ2v) is 8.91. The maximum atomic E-state index is 4.60. The quantitative estimate of drug-likeness (QED) is 0.812. The summed E-state index contributed by atoms with van der Waals surface area (Å²) in [6, 6.07) is 0. The van der Waals surface area contributed by atoms with Gasteiger partial charge in [-0.3, -0.25) is 4.68 Å². The maximum absolute atomic E-state index is 4.60. The van der Waals surface area contributed by atoms with Crippen molar-refractivity contribution in [2.75, 3.05) is 0 Å². The van der Waals surface area contributed by atoms with Gasteiger partial charge in [-0.1, -0.05) is 6.08 Å². The Labute approximate surface area is 154 Å². The molecule has 6 heteroatoms. The molecule has 6 nitrogen and oxygen atoms in total. The molecule has 0 spiro atoms. The number of rotatable bonds is 6. The second-order valence-electron chi connectivity index (χ2n) is 8.91. The molecule has 2 aromatic heterocycles. The molecular weight excluding hydrogens is 324 g/mol. The van der Waals surface area contributed by atoms with Crippen LogP contribution in [0, 0.1) is 18.8 Å². The molecule has 0 aliphatic heterocycles. The Kier molecular flexibility index (Phi) is 3.61. The molecule has 0 amide bonds. The number of aryl methyl sites for hydroxylation is 1. The largest absolute Gasteiger partial charge is 0.307 e. The van der Waals surface area contributed by atoms with E-state index in [1.807, 2.05) is 17.1 Å². The molecule has 138 valence electrons. The van der Waals surface area contributed by atoms with E-state index in [0.717, 1.165) is 30.6 Å². The SMILES string of the molecule is C=CCn1cc(CNC23CC4CC(C2)CC(n2cncn2)(C4)C3)c(C)n1. The van der Waals surface area contributed by atoms with Gasteiger partial charge in [-0.2, -0.15) is 10.2 Å². The summed E-state index contributed by atoms with van der Waals surface area (Å²) in [6.07, 6.45) is 15.4. The van der Waals surface area contributed by atoms with Gasteiger partial charge >= 0.3 is 0 Å². The summed E-state index contributed by atoms with van der Waals surface area (Å²) in [7, 11) is 0. The molecule has 2 heterocycles. The van der Waals surface area contributed by atoms with E-state index >= 15 is 0 Å². The monoisotopic (exact) mass is 352 g/mol. The molecule has 26 heavy (non-hydrogen) atoms. The number of aromatic nitrogens is 5. The molecule has 0 saturated heterocycles. The van der Waals surface area contributed by atoms with Crippen LogP contribution >= 0.6 is 0 Å². The lowest BCUT2D eigenvalue weighted by Crippen LogP contribution is -2.64. The number of hydrogen-bond acceptors (Lipinski definition) is 4. The van der Waals surface area contributed by atoms with E-state index < -0.39 is 0 Å². The van der Waals surface area contributed by atoms with Crippen molar-refractivity contribution in [1.29, 1.82) is 0 Å². The summed E-state index contributed by atoms with van der Waals surface area (Å²) in [6.45, 7) is 7.58. The van der Waals surface area contributed by atoms with Gasteiger partial charge in [0.05, 0.1) is 17.8 Å². The van der Waals surface area contributed by atoms with Gasteiger partial charge in [-0.05, 0) is 57.3 Å².